The lowest BCUT2D eigenvalue weighted by Crippen LogP contribution is -2.49. The summed E-state index contributed by atoms with van der Waals surface area (Å²) in [6.07, 6.45) is 1.51. The van der Waals surface area contributed by atoms with Gasteiger partial charge in [-0.2, -0.15) is 0 Å². The van der Waals surface area contributed by atoms with Gasteiger partial charge in [0.2, 0.25) is 0 Å². The highest BCUT2D eigenvalue weighted by molar-refractivity contribution is 6.33. The first-order valence-corrected chi connectivity index (χ1v) is 7.53. The first-order chi connectivity index (χ1) is 10.6. The number of benzene rings is 1. The molecule has 1 aromatic heterocycles. The molecule has 0 spiro atoms. The molecule has 8 heteroatoms. The van der Waals surface area contributed by atoms with E-state index < -0.39 is 0 Å². The van der Waals surface area contributed by atoms with E-state index in [1.54, 1.807) is 12.1 Å². The number of aromatic nitrogens is 1. The van der Waals surface area contributed by atoms with E-state index in [2.05, 4.69) is 9.88 Å². The maximum atomic E-state index is 12.4. The van der Waals surface area contributed by atoms with Gasteiger partial charge in [0.1, 0.15) is 5.69 Å². The topological polar surface area (TPSA) is 62.5 Å². The number of carbonyl (C=O) groups is 1. The van der Waals surface area contributed by atoms with Gasteiger partial charge >= 0.3 is 0 Å². The molecule has 0 bridgehead atoms. The Morgan fingerprint density at radius 3 is 2.29 bits per heavy atom. The second-order valence-corrected chi connectivity index (χ2v) is 5.61. The lowest BCUT2D eigenvalue weighted by Gasteiger charge is -2.36. The predicted octanol–water partition coefficient (Wildman–Crippen LogP) is 3.12. The molecule has 0 atom stereocenters. The van der Waals surface area contributed by atoms with Crippen molar-refractivity contribution in [2.75, 3.05) is 36.8 Å². The van der Waals surface area contributed by atoms with E-state index in [-0.39, 0.29) is 30.7 Å². The fraction of sp³-hybridized carbons (Fsp3) is 0.250. The van der Waals surface area contributed by atoms with E-state index in [4.69, 9.17) is 17.3 Å². The quantitative estimate of drug-likeness (QED) is 0.857. The van der Waals surface area contributed by atoms with Crippen molar-refractivity contribution in [3.05, 3.63) is 53.3 Å². The monoisotopic (exact) mass is 388 g/mol. The summed E-state index contributed by atoms with van der Waals surface area (Å²) in [4.78, 5) is 20.5. The molecule has 0 saturated carbocycles. The number of amides is 1. The maximum absolute atomic E-state index is 12.4. The molecule has 0 unspecified atom stereocenters. The van der Waals surface area contributed by atoms with E-state index in [1.165, 1.54) is 6.20 Å². The van der Waals surface area contributed by atoms with E-state index in [0.717, 1.165) is 23.8 Å². The summed E-state index contributed by atoms with van der Waals surface area (Å²) in [5.74, 6) is -0.0567. The number of nitrogens with zero attached hydrogens (tertiary/aromatic N) is 3. The van der Waals surface area contributed by atoms with Crippen molar-refractivity contribution in [3.63, 3.8) is 0 Å². The van der Waals surface area contributed by atoms with Crippen molar-refractivity contribution < 1.29 is 4.79 Å². The molecular formula is C16H19Cl3N4O. The number of para-hydroxylation sites is 1. The molecule has 130 valence electrons. The minimum atomic E-state index is -0.0567. The molecule has 1 aliphatic heterocycles. The molecular weight excluding hydrogens is 371 g/mol. The van der Waals surface area contributed by atoms with Crippen LogP contribution in [0.2, 0.25) is 5.02 Å². The van der Waals surface area contributed by atoms with Crippen LogP contribution < -0.4 is 10.6 Å². The van der Waals surface area contributed by atoms with Crippen LogP contribution >= 0.6 is 36.4 Å². The highest BCUT2D eigenvalue weighted by Crippen LogP contribution is 2.26. The fourth-order valence-corrected chi connectivity index (χ4v) is 2.81. The van der Waals surface area contributed by atoms with Crippen LogP contribution in [0.5, 0.6) is 0 Å². The summed E-state index contributed by atoms with van der Waals surface area (Å²) in [5, 5.41) is 0.738. The molecule has 1 aromatic carbocycles. The first-order valence-electron chi connectivity index (χ1n) is 7.15. The summed E-state index contributed by atoms with van der Waals surface area (Å²) < 4.78 is 0. The smallest absolute Gasteiger partial charge is 0.272 e. The molecule has 1 fully saturated rings. The Bertz CT molecular complexity index is 673. The van der Waals surface area contributed by atoms with Crippen molar-refractivity contribution in [3.8, 4) is 0 Å². The summed E-state index contributed by atoms with van der Waals surface area (Å²) >= 11 is 6.22. The average Bonchev–Trinajstić information content (AvgIpc) is 2.56. The Hall–Kier alpha value is -1.69. The van der Waals surface area contributed by atoms with Gasteiger partial charge in [-0.1, -0.05) is 23.7 Å². The molecule has 2 heterocycles. The number of hydrogen-bond acceptors (Lipinski definition) is 4. The Balaban J connectivity index is 0.00000144. The predicted molar refractivity (Wildman–Crippen MR) is 103 cm³/mol. The van der Waals surface area contributed by atoms with Gasteiger partial charge in [-0.25, -0.2) is 4.98 Å². The molecule has 0 radical (unpaired) electrons. The van der Waals surface area contributed by atoms with Gasteiger partial charge < -0.3 is 15.5 Å². The lowest BCUT2D eigenvalue weighted by molar-refractivity contribution is 0.0741. The number of halogens is 3. The zero-order chi connectivity index (χ0) is 15.5. The Labute approximate surface area is 158 Å². The number of piperazine rings is 1. The van der Waals surface area contributed by atoms with Gasteiger partial charge in [0.25, 0.3) is 5.91 Å². The molecule has 3 rings (SSSR count). The highest BCUT2D eigenvalue weighted by atomic mass is 35.5. The average molecular weight is 390 g/mol. The summed E-state index contributed by atoms with van der Waals surface area (Å²) in [5.41, 5.74) is 7.60. The van der Waals surface area contributed by atoms with E-state index in [0.29, 0.717) is 24.5 Å². The van der Waals surface area contributed by atoms with Gasteiger partial charge in [0.15, 0.2) is 0 Å². The molecule has 0 aliphatic carbocycles. The maximum Gasteiger partial charge on any atom is 0.272 e. The third kappa shape index (κ3) is 4.44. The van der Waals surface area contributed by atoms with Crippen LogP contribution in [0, 0.1) is 0 Å². The highest BCUT2D eigenvalue weighted by Gasteiger charge is 2.23. The molecule has 5 nitrogen and oxygen atoms in total. The number of carbonyl (C=O) groups excluding carboxylic acids is 1. The van der Waals surface area contributed by atoms with Crippen LogP contribution in [0.1, 0.15) is 10.5 Å². The normalized spacial score (nSPS) is 13.7. The second kappa shape index (κ2) is 8.97. The number of hydrogen-bond donors (Lipinski definition) is 1. The summed E-state index contributed by atoms with van der Waals surface area (Å²) in [6, 6.07) is 11.1. The Morgan fingerprint density at radius 1 is 1.04 bits per heavy atom. The number of nitrogen functional groups attached to an aromatic ring is 1. The number of nitrogens with two attached hydrogens (primary N) is 1. The number of anilines is 2. The largest absolute Gasteiger partial charge is 0.397 e. The molecule has 1 aliphatic rings. The van der Waals surface area contributed by atoms with Crippen LogP contribution in [0.3, 0.4) is 0 Å². The van der Waals surface area contributed by atoms with Crippen LogP contribution in [0.4, 0.5) is 11.4 Å². The Morgan fingerprint density at radius 2 is 1.71 bits per heavy atom. The molecule has 24 heavy (non-hydrogen) atoms. The number of pyridine rings is 1. The van der Waals surface area contributed by atoms with Crippen molar-refractivity contribution in [1.29, 1.82) is 0 Å². The number of rotatable bonds is 2. The fourth-order valence-electron chi connectivity index (χ4n) is 2.55. The van der Waals surface area contributed by atoms with Gasteiger partial charge in [-0.15, -0.1) is 24.8 Å². The van der Waals surface area contributed by atoms with Gasteiger partial charge in [0.05, 0.1) is 22.6 Å². The first kappa shape index (κ1) is 20.4. The van der Waals surface area contributed by atoms with Gasteiger partial charge in [-0.3, -0.25) is 4.79 Å². The molecule has 1 saturated heterocycles. The van der Waals surface area contributed by atoms with Crippen molar-refractivity contribution >= 4 is 53.7 Å². The Kier molecular flexibility index (Phi) is 7.60. The minimum Gasteiger partial charge on any atom is -0.397 e. The standard InChI is InChI=1S/C16H17ClN4O.2ClH/c17-13-3-1-2-4-15(13)20-7-9-21(10-8-20)16(22)14-6-5-12(18)11-19-14;;/h1-6,11H,7-10,18H2;2*1H. The van der Waals surface area contributed by atoms with Gasteiger partial charge in [-0.05, 0) is 24.3 Å². The zero-order valence-corrected chi connectivity index (χ0v) is 15.3. The third-order valence-corrected chi connectivity index (χ3v) is 4.09. The van der Waals surface area contributed by atoms with Crippen molar-refractivity contribution in [2.24, 2.45) is 0 Å². The SMILES string of the molecule is Cl.Cl.Nc1ccc(C(=O)N2CCN(c3ccccc3Cl)CC2)nc1. The van der Waals surface area contributed by atoms with Crippen LogP contribution in [0.15, 0.2) is 42.6 Å². The van der Waals surface area contributed by atoms with E-state index in [1.807, 2.05) is 29.2 Å². The summed E-state index contributed by atoms with van der Waals surface area (Å²) in [7, 11) is 0. The molecule has 2 N–H and O–H groups in total. The van der Waals surface area contributed by atoms with Crippen LogP contribution in [-0.2, 0) is 0 Å². The van der Waals surface area contributed by atoms with Crippen molar-refractivity contribution in [1.82, 2.24) is 9.88 Å². The van der Waals surface area contributed by atoms with E-state index in [9.17, 15) is 4.79 Å². The van der Waals surface area contributed by atoms with Gasteiger partial charge in [0, 0.05) is 26.2 Å². The van der Waals surface area contributed by atoms with Crippen molar-refractivity contribution in [2.45, 2.75) is 0 Å². The molecule has 2 aromatic rings. The second-order valence-electron chi connectivity index (χ2n) is 5.21. The zero-order valence-electron chi connectivity index (χ0n) is 12.9. The summed E-state index contributed by atoms with van der Waals surface area (Å²) in [6.45, 7) is 2.81. The minimum absolute atomic E-state index is 0. The van der Waals surface area contributed by atoms with Crippen LogP contribution in [-0.4, -0.2) is 42.0 Å². The lowest BCUT2D eigenvalue weighted by atomic mass is 10.2. The molecule has 1 amide bonds. The van der Waals surface area contributed by atoms with Crippen LogP contribution in [0.25, 0.3) is 0 Å². The van der Waals surface area contributed by atoms with E-state index >= 15 is 0 Å². The third-order valence-electron chi connectivity index (χ3n) is 3.77.